The van der Waals surface area contributed by atoms with Crippen molar-refractivity contribution in [1.82, 2.24) is 4.31 Å². The number of rotatable bonds is 5. The summed E-state index contributed by atoms with van der Waals surface area (Å²) in [6, 6.07) is 5.92. The van der Waals surface area contributed by atoms with Gasteiger partial charge in [-0.25, -0.2) is 13.2 Å². The Morgan fingerprint density at radius 3 is 2.55 bits per heavy atom. The molecular formula is C18H18Cl2N2O5S2. The van der Waals surface area contributed by atoms with Crippen LogP contribution in [0.4, 0.5) is 5.69 Å². The molecule has 2 aromatic rings. The van der Waals surface area contributed by atoms with Gasteiger partial charge in [0.2, 0.25) is 15.9 Å². The van der Waals surface area contributed by atoms with Crippen molar-refractivity contribution in [3.05, 3.63) is 44.6 Å². The largest absolute Gasteiger partial charge is 0.465 e. The quantitative estimate of drug-likeness (QED) is 0.660. The van der Waals surface area contributed by atoms with Crippen LogP contribution in [0.1, 0.15) is 22.5 Å². The average Bonchev–Trinajstić information content (AvgIpc) is 3.17. The molecule has 1 aliphatic heterocycles. The molecule has 1 fully saturated rings. The highest BCUT2D eigenvalue weighted by molar-refractivity contribution is 7.89. The number of nitrogens with zero attached hydrogens (tertiary/aromatic N) is 1. The molecule has 1 aromatic carbocycles. The Bertz CT molecular complexity index is 1030. The Morgan fingerprint density at radius 1 is 1.21 bits per heavy atom. The van der Waals surface area contributed by atoms with E-state index in [0.717, 1.165) is 0 Å². The predicted molar refractivity (Wildman–Crippen MR) is 112 cm³/mol. The van der Waals surface area contributed by atoms with Gasteiger partial charge in [-0.15, -0.1) is 11.3 Å². The second-order valence-corrected chi connectivity index (χ2v) is 10.1. The van der Waals surface area contributed by atoms with Gasteiger partial charge in [0.15, 0.2) is 0 Å². The van der Waals surface area contributed by atoms with E-state index in [1.165, 1.54) is 41.0 Å². The van der Waals surface area contributed by atoms with Gasteiger partial charge in [0, 0.05) is 24.0 Å². The molecule has 1 aromatic heterocycles. The van der Waals surface area contributed by atoms with Gasteiger partial charge >= 0.3 is 5.97 Å². The first kappa shape index (κ1) is 22.0. The van der Waals surface area contributed by atoms with Crippen molar-refractivity contribution in [3.8, 4) is 0 Å². The van der Waals surface area contributed by atoms with Crippen molar-refractivity contribution in [2.75, 3.05) is 25.5 Å². The van der Waals surface area contributed by atoms with Crippen molar-refractivity contribution in [2.45, 2.75) is 17.7 Å². The van der Waals surface area contributed by atoms with Crippen LogP contribution in [0.5, 0.6) is 0 Å². The van der Waals surface area contributed by atoms with Crippen molar-refractivity contribution in [1.29, 1.82) is 0 Å². The third kappa shape index (κ3) is 4.75. The molecule has 1 amide bonds. The summed E-state index contributed by atoms with van der Waals surface area (Å²) in [5.41, 5.74) is 0.396. The zero-order valence-electron chi connectivity index (χ0n) is 15.4. The molecule has 0 bridgehead atoms. The molecule has 29 heavy (non-hydrogen) atoms. The van der Waals surface area contributed by atoms with Crippen LogP contribution < -0.4 is 5.32 Å². The average molecular weight is 477 g/mol. The van der Waals surface area contributed by atoms with Crippen LogP contribution in [0.25, 0.3) is 0 Å². The Kier molecular flexibility index (Phi) is 6.85. The van der Waals surface area contributed by atoms with Gasteiger partial charge in [-0.1, -0.05) is 23.2 Å². The second-order valence-electron chi connectivity index (χ2n) is 6.40. The molecule has 1 saturated heterocycles. The number of piperidine rings is 1. The summed E-state index contributed by atoms with van der Waals surface area (Å²) in [7, 11) is -2.54. The summed E-state index contributed by atoms with van der Waals surface area (Å²) in [5, 5.41) is 4.80. The summed E-state index contributed by atoms with van der Waals surface area (Å²) >= 11 is 13.1. The number of carbonyl (C=O) groups is 2. The minimum atomic E-state index is -3.81. The van der Waals surface area contributed by atoms with Gasteiger partial charge in [0.05, 0.1) is 17.8 Å². The van der Waals surface area contributed by atoms with E-state index in [9.17, 15) is 18.0 Å². The van der Waals surface area contributed by atoms with E-state index in [4.69, 9.17) is 27.9 Å². The number of methoxy groups -OCH3 is 1. The molecule has 0 unspecified atom stereocenters. The zero-order chi connectivity index (χ0) is 21.2. The Balaban J connectivity index is 1.66. The van der Waals surface area contributed by atoms with Gasteiger partial charge in [-0.2, -0.15) is 4.31 Å². The van der Waals surface area contributed by atoms with Crippen LogP contribution in [0.3, 0.4) is 0 Å². The van der Waals surface area contributed by atoms with Crippen molar-refractivity contribution >= 4 is 62.1 Å². The lowest BCUT2D eigenvalue weighted by Crippen LogP contribution is -2.41. The number of hydrogen-bond acceptors (Lipinski definition) is 6. The van der Waals surface area contributed by atoms with Crippen molar-refractivity contribution in [3.63, 3.8) is 0 Å². The number of sulfonamides is 1. The lowest BCUT2D eigenvalue weighted by molar-refractivity contribution is -0.120. The summed E-state index contributed by atoms with van der Waals surface area (Å²) in [5.74, 6) is -1.15. The van der Waals surface area contributed by atoms with Crippen LogP contribution in [0, 0.1) is 5.92 Å². The van der Waals surface area contributed by atoms with E-state index < -0.39 is 16.0 Å². The number of nitrogens with one attached hydrogen (secondary N) is 1. The van der Waals surface area contributed by atoms with E-state index >= 15 is 0 Å². The van der Waals surface area contributed by atoms with Crippen molar-refractivity contribution in [2.24, 2.45) is 5.92 Å². The maximum Gasteiger partial charge on any atom is 0.350 e. The van der Waals surface area contributed by atoms with Crippen LogP contribution in [0.15, 0.2) is 34.5 Å². The highest BCUT2D eigenvalue weighted by Gasteiger charge is 2.33. The van der Waals surface area contributed by atoms with E-state index in [1.54, 1.807) is 11.4 Å². The van der Waals surface area contributed by atoms with Gasteiger partial charge in [0.25, 0.3) is 0 Å². The minimum Gasteiger partial charge on any atom is -0.465 e. The molecule has 1 aliphatic rings. The minimum absolute atomic E-state index is 0.0458. The SMILES string of the molecule is COC(=O)c1sccc1NC(=O)C1CCN(S(=O)(=O)c2cc(Cl)ccc2Cl)CC1. The number of halogens is 2. The highest BCUT2D eigenvalue weighted by Crippen LogP contribution is 2.31. The molecule has 2 heterocycles. The number of amides is 1. The lowest BCUT2D eigenvalue weighted by atomic mass is 9.97. The third-order valence-corrected chi connectivity index (χ3v) is 8.14. The van der Waals surface area contributed by atoms with E-state index in [0.29, 0.717) is 23.4 Å². The van der Waals surface area contributed by atoms with Crippen LogP contribution >= 0.6 is 34.5 Å². The molecule has 7 nitrogen and oxygen atoms in total. The molecule has 156 valence electrons. The lowest BCUT2D eigenvalue weighted by Gasteiger charge is -2.30. The molecule has 1 N–H and O–H groups in total. The maximum atomic E-state index is 12.9. The topological polar surface area (TPSA) is 92.8 Å². The van der Waals surface area contributed by atoms with Crippen LogP contribution in [-0.4, -0.2) is 44.8 Å². The van der Waals surface area contributed by atoms with Crippen LogP contribution in [-0.2, 0) is 19.6 Å². The first-order chi connectivity index (χ1) is 13.7. The number of anilines is 1. The summed E-state index contributed by atoms with van der Waals surface area (Å²) < 4.78 is 31.8. The summed E-state index contributed by atoms with van der Waals surface area (Å²) in [6.07, 6.45) is 0.696. The molecular weight excluding hydrogens is 459 g/mol. The number of esters is 1. The molecule has 0 atom stereocenters. The van der Waals surface area contributed by atoms with Gasteiger partial charge in [-0.05, 0) is 42.5 Å². The van der Waals surface area contributed by atoms with Gasteiger partial charge in [-0.3, -0.25) is 4.79 Å². The Labute approximate surface area is 182 Å². The van der Waals surface area contributed by atoms with Gasteiger partial charge < -0.3 is 10.1 Å². The number of carbonyl (C=O) groups excluding carboxylic acids is 2. The predicted octanol–water partition coefficient (Wildman–Crippen LogP) is 3.88. The summed E-state index contributed by atoms with van der Waals surface area (Å²) in [6.45, 7) is 0.355. The Morgan fingerprint density at radius 2 is 1.90 bits per heavy atom. The number of hydrogen-bond donors (Lipinski definition) is 1. The van der Waals surface area contributed by atoms with Crippen LogP contribution in [0.2, 0.25) is 10.0 Å². The maximum absolute atomic E-state index is 12.9. The van der Waals surface area contributed by atoms with Crippen molar-refractivity contribution < 1.29 is 22.7 Å². The highest BCUT2D eigenvalue weighted by atomic mass is 35.5. The fraction of sp³-hybridized carbons (Fsp3) is 0.333. The van der Waals surface area contributed by atoms with E-state index in [2.05, 4.69) is 5.32 Å². The first-order valence-electron chi connectivity index (χ1n) is 8.66. The monoisotopic (exact) mass is 476 g/mol. The fourth-order valence-electron chi connectivity index (χ4n) is 3.07. The van der Waals surface area contributed by atoms with E-state index in [1.807, 2.05) is 0 Å². The van der Waals surface area contributed by atoms with Gasteiger partial charge in [0.1, 0.15) is 9.77 Å². The fourth-order valence-corrected chi connectivity index (χ4v) is 6.04. The molecule has 0 saturated carbocycles. The standard InChI is InChI=1S/C18H18Cl2N2O5S2/c1-27-18(24)16-14(6-9-28-16)21-17(23)11-4-7-22(8-5-11)29(25,26)15-10-12(19)2-3-13(15)20/h2-3,6,9-11H,4-5,7-8H2,1H3,(H,21,23). The Hall–Kier alpha value is -1.65. The molecule has 0 spiro atoms. The second kappa shape index (κ2) is 9.01. The normalized spacial score (nSPS) is 15.8. The first-order valence-corrected chi connectivity index (χ1v) is 11.7. The summed E-state index contributed by atoms with van der Waals surface area (Å²) in [4.78, 5) is 24.6. The van der Waals surface area contributed by atoms with E-state index in [-0.39, 0.29) is 39.9 Å². The molecule has 3 rings (SSSR count). The molecule has 0 radical (unpaired) electrons. The molecule has 0 aliphatic carbocycles. The number of thiophene rings is 1. The molecule has 11 heteroatoms. The number of benzene rings is 1. The number of ether oxygens (including phenoxy) is 1. The zero-order valence-corrected chi connectivity index (χ0v) is 18.5. The third-order valence-electron chi connectivity index (χ3n) is 4.63. The smallest absolute Gasteiger partial charge is 0.350 e.